The van der Waals surface area contributed by atoms with Crippen LogP contribution in [0.15, 0.2) is 71.6 Å². The summed E-state index contributed by atoms with van der Waals surface area (Å²) in [5.74, 6) is -0.293. The predicted octanol–water partition coefficient (Wildman–Crippen LogP) is 3.53. The summed E-state index contributed by atoms with van der Waals surface area (Å²) in [5, 5.41) is 8.18. The Balaban J connectivity index is 1.69. The Labute approximate surface area is 159 Å². The fraction of sp³-hybridized carbons (Fsp3) is 0.190. The minimum atomic E-state index is -3.41. The molecule has 0 aliphatic carbocycles. The zero-order valence-corrected chi connectivity index (χ0v) is 16.1. The summed E-state index contributed by atoms with van der Waals surface area (Å²) < 4.78 is 23.7. The highest BCUT2D eigenvalue weighted by Crippen LogP contribution is 2.24. The lowest BCUT2D eigenvalue weighted by atomic mass is 10.00. The molecule has 2 N–H and O–H groups in total. The molecule has 0 spiro atoms. The van der Waals surface area contributed by atoms with Gasteiger partial charge in [0.2, 0.25) is 5.91 Å². The summed E-state index contributed by atoms with van der Waals surface area (Å²) in [6.45, 7) is 2.07. The van der Waals surface area contributed by atoms with Gasteiger partial charge in [0, 0.05) is 12.3 Å². The van der Waals surface area contributed by atoms with Gasteiger partial charge in [0.15, 0.2) is 9.84 Å². The van der Waals surface area contributed by atoms with Crippen molar-refractivity contribution in [3.63, 3.8) is 0 Å². The minimum absolute atomic E-state index is 0.0352. The summed E-state index contributed by atoms with van der Waals surface area (Å²) in [7, 11) is -3.41. The lowest BCUT2D eigenvalue weighted by Gasteiger charge is -2.17. The number of fused-ring (bicyclic) bond motifs is 1. The fourth-order valence-electron chi connectivity index (χ4n) is 3.07. The van der Waals surface area contributed by atoms with E-state index < -0.39 is 9.84 Å². The van der Waals surface area contributed by atoms with E-state index in [1.807, 2.05) is 31.2 Å². The van der Waals surface area contributed by atoms with Crippen molar-refractivity contribution in [1.82, 2.24) is 5.32 Å². The van der Waals surface area contributed by atoms with Crippen molar-refractivity contribution in [3.05, 3.63) is 72.3 Å². The molecule has 3 rings (SSSR count). The number of rotatable bonds is 6. The second kappa shape index (κ2) is 7.90. The number of para-hydroxylation sites is 1. The van der Waals surface area contributed by atoms with Gasteiger partial charge in [-0.3, -0.25) is 4.79 Å². The molecular formula is C21H22N2O3S. The van der Waals surface area contributed by atoms with Crippen LogP contribution in [0.1, 0.15) is 18.5 Å². The van der Waals surface area contributed by atoms with Crippen molar-refractivity contribution < 1.29 is 13.2 Å². The van der Waals surface area contributed by atoms with Gasteiger partial charge in [-0.05, 0) is 35.4 Å². The zero-order valence-electron chi connectivity index (χ0n) is 15.3. The van der Waals surface area contributed by atoms with Crippen LogP contribution in [0.3, 0.4) is 0 Å². The van der Waals surface area contributed by atoms with Crippen molar-refractivity contribution in [2.45, 2.75) is 17.9 Å². The normalized spacial score (nSPS) is 12.7. The molecule has 0 saturated carbocycles. The number of amides is 1. The molecule has 1 atom stereocenters. The van der Waals surface area contributed by atoms with Gasteiger partial charge in [0.1, 0.15) is 0 Å². The third kappa shape index (κ3) is 4.53. The fourth-order valence-corrected chi connectivity index (χ4v) is 3.92. The molecular weight excluding hydrogens is 360 g/mol. The molecule has 3 aromatic carbocycles. The van der Waals surface area contributed by atoms with Gasteiger partial charge in [-0.1, -0.05) is 54.6 Å². The maximum atomic E-state index is 12.3. The summed E-state index contributed by atoms with van der Waals surface area (Å²) in [5.41, 5.74) is 1.40. The third-order valence-electron chi connectivity index (χ3n) is 4.42. The number of hydrogen-bond acceptors (Lipinski definition) is 4. The van der Waals surface area contributed by atoms with Crippen LogP contribution in [0.25, 0.3) is 10.8 Å². The zero-order chi connectivity index (χ0) is 19.4. The van der Waals surface area contributed by atoms with E-state index in [0.29, 0.717) is 5.69 Å². The van der Waals surface area contributed by atoms with E-state index in [1.165, 1.54) is 6.07 Å². The van der Waals surface area contributed by atoms with Crippen molar-refractivity contribution in [3.8, 4) is 0 Å². The molecule has 0 bridgehead atoms. The van der Waals surface area contributed by atoms with Crippen LogP contribution >= 0.6 is 0 Å². The molecule has 0 saturated heterocycles. The number of nitrogens with one attached hydrogen (secondary N) is 2. The Morgan fingerprint density at radius 2 is 1.63 bits per heavy atom. The second-order valence-electron chi connectivity index (χ2n) is 6.49. The topological polar surface area (TPSA) is 75.3 Å². The highest BCUT2D eigenvalue weighted by molar-refractivity contribution is 7.90. The molecule has 3 aromatic rings. The summed E-state index contributed by atoms with van der Waals surface area (Å²) >= 11 is 0. The summed E-state index contributed by atoms with van der Waals surface area (Å²) in [6.07, 6.45) is 1.12. The summed E-state index contributed by atoms with van der Waals surface area (Å²) in [6, 6.07) is 20.6. The Bertz CT molecular complexity index is 1070. The Morgan fingerprint density at radius 3 is 2.41 bits per heavy atom. The molecule has 0 fully saturated rings. The molecule has 0 aliphatic heterocycles. The number of anilines is 1. The second-order valence-corrected chi connectivity index (χ2v) is 8.47. The van der Waals surface area contributed by atoms with Crippen LogP contribution in [0, 0.1) is 0 Å². The number of carbonyl (C=O) groups is 1. The van der Waals surface area contributed by atoms with Crippen LogP contribution in [0.5, 0.6) is 0 Å². The van der Waals surface area contributed by atoms with Crippen LogP contribution < -0.4 is 10.6 Å². The maximum Gasteiger partial charge on any atom is 0.238 e. The van der Waals surface area contributed by atoms with Gasteiger partial charge < -0.3 is 10.6 Å². The van der Waals surface area contributed by atoms with Crippen molar-refractivity contribution >= 4 is 32.2 Å². The van der Waals surface area contributed by atoms with Gasteiger partial charge in [0.05, 0.1) is 17.1 Å². The Kier molecular flexibility index (Phi) is 5.58. The van der Waals surface area contributed by atoms with E-state index in [2.05, 4.69) is 28.8 Å². The van der Waals surface area contributed by atoms with Crippen LogP contribution in [-0.4, -0.2) is 27.1 Å². The van der Waals surface area contributed by atoms with E-state index in [9.17, 15) is 13.2 Å². The highest BCUT2D eigenvalue weighted by atomic mass is 32.2. The van der Waals surface area contributed by atoms with Gasteiger partial charge in [-0.25, -0.2) is 8.42 Å². The summed E-state index contributed by atoms with van der Waals surface area (Å²) in [4.78, 5) is 12.4. The lowest BCUT2D eigenvalue weighted by Crippen LogP contribution is -2.30. The first-order valence-corrected chi connectivity index (χ1v) is 10.6. The van der Waals surface area contributed by atoms with Gasteiger partial charge in [-0.2, -0.15) is 0 Å². The van der Waals surface area contributed by atoms with Crippen molar-refractivity contribution in [2.75, 3.05) is 18.1 Å². The van der Waals surface area contributed by atoms with Crippen molar-refractivity contribution in [1.29, 1.82) is 0 Å². The lowest BCUT2D eigenvalue weighted by molar-refractivity contribution is -0.115. The molecule has 0 radical (unpaired) electrons. The first-order chi connectivity index (χ1) is 12.9. The monoisotopic (exact) mass is 382 g/mol. The number of sulfone groups is 1. The first kappa shape index (κ1) is 19.1. The quantitative estimate of drug-likeness (QED) is 0.684. The van der Waals surface area contributed by atoms with E-state index in [-0.39, 0.29) is 23.4 Å². The number of carbonyl (C=O) groups excluding carboxylic acids is 1. The van der Waals surface area contributed by atoms with Gasteiger partial charge in [0.25, 0.3) is 0 Å². The maximum absolute atomic E-state index is 12.3. The SMILES string of the molecule is C[C@H](NCC(=O)Nc1ccccc1S(C)(=O)=O)c1cccc2ccccc12. The predicted molar refractivity (Wildman–Crippen MR) is 109 cm³/mol. The molecule has 0 heterocycles. The first-order valence-electron chi connectivity index (χ1n) is 8.66. The molecule has 6 heteroatoms. The van der Waals surface area contributed by atoms with E-state index in [1.54, 1.807) is 18.2 Å². The van der Waals surface area contributed by atoms with Crippen LogP contribution in [-0.2, 0) is 14.6 Å². The van der Waals surface area contributed by atoms with Crippen LogP contribution in [0.2, 0.25) is 0 Å². The molecule has 0 unspecified atom stereocenters. The molecule has 140 valence electrons. The van der Waals surface area contributed by atoms with E-state index >= 15 is 0 Å². The van der Waals surface area contributed by atoms with Crippen molar-refractivity contribution in [2.24, 2.45) is 0 Å². The van der Waals surface area contributed by atoms with Gasteiger partial charge >= 0.3 is 0 Å². The van der Waals surface area contributed by atoms with E-state index in [4.69, 9.17) is 0 Å². The standard InChI is InChI=1S/C21H22N2O3S/c1-15(17-11-7-9-16-8-3-4-10-18(16)17)22-14-21(24)23-19-12-5-6-13-20(19)27(2,25)26/h3-13,15,22H,14H2,1-2H3,(H,23,24)/t15-/m0/s1. The molecule has 0 aliphatic rings. The molecule has 0 aromatic heterocycles. The highest BCUT2D eigenvalue weighted by Gasteiger charge is 2.15. The largest absolute Gasteiger partial charge is 0.324 e. The Morgan fingerprint density at radius 1 is 0.963 bits per heavy atom. The van der Waals surface area contributed by atoms with E-state index in [0.717, 1.165) is 22.6 Å². The number of benzene rings is 3. The molecule has 1 amide bonds. The third-order valence-corrected chi connectivity index (χ3v) is 5.57. The average molecular weight is 382 g/mol. The molecule has 5 nitrogen and oxygen atoms in total. The van der Waals surface area contributed by atoms with Gasteiger partial charge in [-0.15, -0.1) is 0 Å². The average Bonchev–Trinajstić information content (AvgIpc) is 2.65. The van der Waals surface area contributed by atoms with Crippen LogP contribution in [0.4, 0.5) is 5.69 Å². The number of hydrogen-bond donors (Lipinski definition) is 2. The molecule has 27 heavy (non-hydrogen) atoms. The smallest absolute Gasteiger partial charge is 0.238 e. The Hall–Kier alpha value is -2.70. The minimum Gasteiger partial charge on any atom is -0.324 e.